The molecular formula is C9H9NO2. The summed E-state index contributed by atoms with van der Waals surface area (Å²) >= 11 is 0. The van der Waals surface area contributed by atoms with Crippen LogP contribution >= 0.6 is 0 Å². The number of hydrogen-bond donors (Lipinski definition) is 0. The highest BCUT2D eigenvalue weighted by Crippen LogP contribution is 2.15. The zero-order valence-electron chi connectivity index (χ0n) is 6.78. The molecule has 0 radical (unpaired) electrons. The summed E-state index contributed by atoms with van der Waals surface area (Å²) in [7, 11) is 1.50. The molecule has 1 rings (SSSR count). The Kier molecular flexibility index (Phi) is 2.58. The van der Waals surface area contributed by atoms with Crippen LogP contribution in [0.2, 0.25) is 0 Å². The van der Waals surface area contributed by atoms with Gasteiger partial charge in [-0.3, -0.25) is 9.78 Å². The highest BCUT2D eigenvalue weighted by atomic mass is 16.5. The molecule has 12 heavy (non-hydrogen) atoms. The SMILES string of the molecule is C=CC(=O)c1ccncc1OC. The molecular weight excluding hydrogens is 154 g/mol. The number of ketones is 1. The molecule has 0 atom stereocenters. The molecule has 0 unspecified atom stereocenters. The largest absolute Gasteiger partial charge is 0.494 e. The summed E-state index contributed by atoms with van der Waals surface area (Å²) in [6.07, 6.45) is 4.29. The normalized spacial score (nSPS) is 9.08. The number of methoxy groups -OCH3 is 1. The predicted molar refractivity (Wildman–Crippen MR) is 45.3 cm³/mol. The quantitative estimate of drug-likeness (QED) is 0.500. The predicted octanol–water partition coefficient (Wildman–Crippen LogP) is 1.46. The Hall–Kier alpha value is -1.64. The third-order valence-corrected chi connectivity index (χ3v) is 1.46. The molecule has 1 aromatic heterocycles. The molecule has 0 N–H and O–H groups in total. The lowest BCUT2D eigenvalue weighted by molar-refractivity contribution is 0.104. The summed E-state index contributed by atoms with van der Waals surface area (Å²) in [5.41, 5.74) is 0.488. The lowest BCUT2D eigenvalue weighted by atomic mass is 10.1. The molecule has 0 aliphatic carbocycles. The van der Waals surface area contributed by atoms with Crippen molar-refractivity contribution >= 4 is 5.78 Å². The van der Waals surface area contributed by atoms with Gasteiger partial charge < -0.3 is 4.74 Å². The highest BCUT2D eigenvalue weighted by Gasteiger charge is 2.07. The van der Waals surface area contributed by atoms with Gasteiger partial charge in [-0.05, 0) is 12.1 Å². The van der Waals surface area contributed by atoms with Gasteiger partial charge in [0.15, 0.2) is 5.78 Å². The summed E-state index contributed by atoms with van der Waals surface area (Å²) in [4.78, 5) is 15.0. The topological polar surface area (TPSA) is 39.2 Å². The first-order valence-electron chi connectivity index (χ1n) is 3.44. The molecule has 0 spiro atoms. The first kappa shape index (κ1) is 8.46. The fraction of sp³-hybridized carbons (Fsp3) is 0.111. The maximum Gasteiger partial charge on any atom is 0.189 e. The minimum absolute atomic E-state index is 0.158. The Labute approximate surface area is 70.7 Å². The van der Waals surface area contributed by atoms with Gasteiger partial charge in [0.25, 0.3) is 0 Å². The standard InChI is InChI=1S/C9H9NO2/c1-3-8(11)7-4-5-10-6-9(7)12-2/h3-6H,1H2,2H3. The molecule has 0 fully saturated rings. The molecule has 0 aliphatic heterocycles. The summed E-state index contributed by atoms with van der Waals surface area (Å²) in [6.45, 7) is 3.39. The van der Waals surface area contributed by atoms with Crippen molar-refractivity contribution in [2.75, 3.05) is 7.11 Å². The van der Waals surface area contributed by atoms with Crippen molar-refractivity contribution in [2.24, 2.45) is 0 Å². The molecule has 3 nitrogen and oxygen atoms in total. The number of pyridine rings is 1. The van der Waals surface area contributed by atoms with Crippen molar-refractivity contribution in [2.45, 2.75) is 0 Å². The molecule has 1 heterocycles. The number of nitrogens with zero attached hydrogens (tertiary/aromatic N) is 1. The molecule has 0 bridgehead atoms. The number of rotatable bonds is 3. The van der Waals surface area contributed by atoms with E-state index in [0.717, 1.165) is 0 Å². The third-order valence-electron chi connectivity index (χ3n) is 1.46. The molecule has 0 saturated heterocycles. The Morgan fingerprint density at radius 3 is 3.08 bits per heavy atom. The molecule has 0 saturated carbocycles. The Balaban J connectivity index is 3.13. The highest BCUT2D eigenvalue weighted by molar-refractivity contribution is 6.06. The lowest BCUT2D eigenvalue weighted by Crippen LogP contribution is -1.98. The van der Waals surface area contributed by atoms with Crippen molar-refractivity contribution < 1.29 is 9.53 Å². The fourth-order valence-electron chi connectivity index (χ4n) is 0.856. The van der Waals surface area contributed by atoms with Crippen molar-refractivity contribution in [3.05, 3.63) is 36.7 Å². The van der Waals surface area contributed by atoms with Crippen molar-refractivity contribution in [3.8, 4) is 5.75 Å². The molecule has 0 amide bonds. The van der Waals surface area contributed by atoms with Crippen LogP contribution in [0.15, 0.2) is 31.1 Å². The Morgan fingerprint density at radius 2 is 2.50 bits per heavy atom. The van der Waals surface area contributed by atoms with Gasteiger partial charge in [-0.15, -0.1) is 0 Å². The minimum Gasteiger partial charge on any atom is -0.494 e. The second kappa shape index (κ2) is 3.67. The van der Waals surface area contributed by atoms with Crippen LogP contribution in [-0.4, -0.2) is 17.9 Å². The van der Waals surface area contributed by atoms with Crippen molar-refractivity contribution in [3.63, 3.8) is 0 Å². The fourth-order valence-corrected chi connectivity index (χ4v) is 0.856. The van der Waals surface area contributed by atoms with Gasteiger partial charge in [-0.25, -0.2) is 0 Å². The second-order valence-corrected chi connectivity index (χ2v) is 2.14. The lowest BCUT2D eigenvalue weighted by Gasteiger charge is -2.02. The van der Waals surface area contributed by atoms with Crippen molar-refractivity contribution in [1.82, 2.24) is 4.98 Å². The van der Waals surface area contributed by atoms with Crippen LogP contribution in [0.1, 0.15) is 10.4 Å². The smallest absolute Gasteiger partial charge is 0.189 e. The number of carbonyl (C=O) groups excluding carboxylic acids is 1. The van der Waals surface area contributed by atoms with E-state index >= 15 is 0 Å². The summed E-state index contributed by atoms with van der Waals surface area (Å²) < 4.78 is 4.94. The van der Waals surface area contributed by atoms with Crippen LogP contribution in [0.25, 0.3) is 0 Å². The van der Waals surface area contributed by atoms with Gasteiger partial charge in [0.05, 0.1) is 18.9 Å². The Bertz CT molecular complexity index is 307. The first-order chi connectivity index (χ1) is 5.79. The van der Waals surface area contributed by atoms with E-state index in [-0.39, 0.29) is 5.78 Å². The van der Waals surface area contributed by atoms with Crippen LogP contribution in [-0.2, 0) is 0 Å². The van der Waals surface area contributed by atoms with E-state index in [9.17, 15) is 4.79 Å². The van der Waals surface area contributed by atoms with Gasteiger partial charge in [-0.1, -0.05) is 6.58 Å². The maximum absolute atomic E-state index is 11.2. The minimum atomic E-state index is -0.158. The van der Waals surface area contributed by atoms with Crippen LogP contribution < -0.4 is 4.74 Å². The number of aromatic nitrogens is 1. The number of hydrogen-bond acceptors (Lipinski definition) is 3. The van der Waals surface area contributed by atoms with Gasteiger partial charge in [0, 0.05) is 6.20 Å². The zero-order chi connectivity index (χ0) is 8.97. The third kappa shape index (κ3) is 1.50. The maximum atomic E-state index is 11.2. The van der Waals surface area contributed by atoms with E-state index in [1.54, 1.807) is 12.3 Å². The van der Waals surface area contributed by atoms with Gasteiger partial charge in [0.1, 0.15) is 5.75 Å². The van der Waals surface area contributed by atoms with E-state index in [0.29, 0.717) is 11.3 Å². The average molecular weight is 163 g/mol. The molecule has 1 aromatic rings. The second-order valence-electron chi connectivity index (χ2n) is 2.14. The zero-order valence-corrected chi connectivity index (χ0v) is 6.78. The van der Waals surface area contributed by atoms with Gasteiger partial charge in [0.2, 0.25) is 0 Å². The molecule has 0 aromatic carbocycles. The average Bonchev–Trinajstić information content (AvgIpc) is 2.16. The Morgan fingerprint density at radius 1 is 1.75 bits per heavy atom. The van der Waals surface area contributed by atoms with Crippen LogP contribution in [0, 0.1) is 0 Å². The van der Waals surface area contributed by atoms with Gasteiger partial charge in [-0.2, -0.15) is 0 Å². The monoisotopic (exact) mass is 163 g/mol. The number of carbonyl (C=O) groups is 1. The van der Waals surface area contributed by atoms with Crippen LogP contribution in [0.5, 0.6) is 5.75 Å². The summed E-state index contributed by atoms with van der Waals surface area (Å²) in [5.74, 6) is 0.316. The molecule has 3 heteroatoms. The van der Waals surface area contributed by atoms with E-state index in [2.05, 4.69) is 11.6 Å². The van der Waals surface area contributed by atoms with E-state index in [1.807, 2.05) is 0 Å². The van der Waals surface area contributed by atoms with Crippen LogP contribution in [0.3, 0.4) is 0 Å². The molecule has 62 valence electrons. The summed E-state index contributed by atoms with van der Waals surface area (Å²) in [6, 6.07) is 1.60. The van der Waals surface area contributed by atoms with Gasteiger partial charge >= 0.3 is 0 Å². The van der Waals surface area contributed by atoms with E-state index < -0.39 is 0 Å². The first-order valence-corrected chi connectivity index (χ1v) is 3.44. The summed E-state index contributed by atoms with van der Waals surface area (Å²) in [5, 5.41) is 0. The van der Waals surface area contributed by atoms with Crippen LogP contribution in [0.4, 0.5) is 0 Å². The number of ether oxygens (including phenoxy) is 1. The van der Waals surface area contributed by atoms with E-state index in [1.165, 1.54) is 19.4 Å². The number of allylic oxidation sites excluding steroid dienone is 1. The van der Waals surface area contributed by atoms with E-state index in [4.69, 9.17) is 4.74 Å². The van der Waals surface area contributed by atoms with Crippen molar-refractivity contribution in [1.29, 1.82) is 0 Å². The molecule has 0 aliphatic rings.